The van der Waals surface area contributed by atoms with Crippen LogP contribution in [-0.2, 0) is 4.84 Å². The van der Waals surface area contributed by atoms with Gasteiger partial charge in [-0.3, -0.25) is 0 Å². The van der Waals surface area contributed by atoms with E-state index < -0.39 is 0 Å². The van der Waals surface area contributed by atoms with Crippen molar-refractivity contribution < 1.29 is 15.8 Å². The molecule has 0 atom stereocenters. The van der Waals surface area contributed by atoms with Crippen molar-refractivity contribution in [3.05, 3.63) is 0 Å². The van der Waals surface area contributed by atoms with Crippen LogP contribution in [0.5, 0.6) is 0 Å². The van der Waals surface area contributed by atoms with Crippen molar-refractivity contribution in [1.29, 1.82) is 0 Å². The summed E-state index contributed by atoms with van der Waals surface area (Å²) in [5.41, 5.74) is 2.20. The maximum absolute atomic E-state index is 4.79. The maximum atomic E-state index is 4.79. The van der Waals surface area contributed by atoms with Gasteiger partial charge in [-0.25, -0.2) is 10.3 Å². The third kappa shape index (κ3) is 11.4. The second kappa shape index (κ2) is 4.73. The van der Waals surface area contributed by atoms with Crippen LogP contribution in [0, 0.1) is 5.41 Å². The lowest BCUT2D eigenvalue weighted by atomic mass is 9.98. The molecule has 0 aromatic heterocycles. The van der Waals surface area contributed by atoms with Gasteiger partial charge in [-0.2, -0.15) is 0 Å². The number of nitrogens with two attached hydrogens (primary N) is 1. The first-order valence-electron chi connectivity index (χ1n) is 2.91. The van der Waals surface area contributed by atoms with E-state index in [0.717, 1.165) is 6.54 Å². The van der Waals surface area contributed by atoms with E-state index in [1.807, 2.05) is 5.48 Å². The van der Waals surface area contributed by atoms with Crippen LogP contribution in [0.25, 0.3) is 0 Å². The molecule has 0 heterocycles. The van der Waals surface area contributed by atoms with Crippen LogP contribution in [0.2, 0.25) is 0 Å². The van der Waals surface area contributed by atoms with Gasteiger partial charge in [0.15, 0.2) is 0 Å². The molecule has 0 spiro atoms. The van der Waals surface area contributed by atoms with E-state index in [1.54, 1.807) is 7.11 Å². The highest BCUT2D eigenvalue weighted by atomic mass is 16.6. The van der Waals surface area contributed by atoms with Crippen LogP contribution in [0.4, 0.5) is 0 Å². The van der Waals surface area contributed by atoms with Crippen molar-refractivity contribution in [3.8, 4) is 0 Å². The molecule has 0 aliphatic carbocycles. The zero-order valence-corrected chi connectivity index (χ0v) is 6.64. The van der Waals surface area contributed by atoms with E-state index in [-0.39, 0.29) is 5.48 Å². The molecule has 0 bridgehead atoms. The van der Waals surface area contributed by atoms with Gasteiger partial charge in [0, 0.05) is 5.41 Å². The van der Waals surface area contributed by atoms with E-state index in [0.29, 0.717) is 5.41 Å². The molecule has 0 radical (unpaired) electrons. The Morgan fingerprint density at radius 1 is 1.33 bits per heavy atom. The predicted molar refractivity (Wildman–Crippen MR) is 35.2 cm³/mol. The molecule has 0 fully saturated rings. The number of hydroxylamine groups is 1. The highest BCUT2D eigenvalue weighted by Gasteiger charge is 2.11. The Labute approximate surface area is 56.7 Å². The van der Waals surface area contributed by atoms with E-state index >= 15 is 0 Å². The summed E-state index contributed by atoms with van der Waals surface area (Å²) in [5, 5.41) is 0. The standard InChI is InChI=1S/C6H15NO.H2O/c1-6(2,3)5-7-8-4;/h7H,5H2,1-4H3;1H2. The average Bonchev–Trinajstić information content (AvgIpc) is 1.59. The third-order valence-electron chi connectivity index (χ3n) is 0.862. The predicted octanol–water partition coefficient (Wildman–Crippen LogP) is -0.0195. The molecule has 0 aliphatic heterocycles. The molecule has 0 aromatic rings. The van der Waals surface area contributed by atoms with Crippen LogP contribution in [-0.4, -0.2) is 19.1 Å². The van der Waals surface area contributed by atoms with E-state index in [4.69, 9.17) is 4.84 Å². The zero-order valence-electron chi connectivity index (χ0n) is 6.64. The van der Waals surface area contributed by atoms with Crippen LogP contribution in [0.15, 0.2) is 0 Å². The highest BCUT2D eigenvalue weighted by Crippen LogP contribution is 2.07. The van der Waals surface area contributed by atoms with Gasteiger partial charge in [0.25, 0.3) is 0 Å². The van der Waals surface area contributed by atoms with Gasteiger partial charge < -0.3 is 5.48 Å². The topological polar surface area (TPSA) is 55.8 Å². The fraction of sp³-hybridized carbons (Fsp3) is 1.00. The highest BCUT2D eigenvalue weighted by molar-refractivity contribution is 4.55. The normalized spacial score (nSPS) is 10.7. The Morgan fingerprint density at radius 3 is 1.89 bits per heavy atom. The molecular weight excluding hydrogens is 118 g/mol. The average molecular weight is 135 g/mol. The lowest BCUT2D eigenvalue weighted by molar-refractivity contribution is -0.895. The van der Waals surface area contributed by atoms with Crippen LogP contribution < -0.4 is 5.48 Å². The zero-order chi connectivity index (χ0) is 6.62. The summed E-state index contributed by atoms with van der Waals surface area (Å²) < 4.78 is 0. The second-order valence-corrected chi connectivity index (χ2v) is 3.17. The second-order valence-electron chi connectivity index (χ2n) is 3.17. The van der Waals surface area contributed by atoms with E-state index in [2.05, 4.69) is 20.8 Å². The third-order valence-corrected chi connectivity index (χ3v) is 0.862. The molecular formula is C6H17NO2. The molecule has 9 heavy (non-hydrogen) atoms. The molecule has 3 N–H and O–H groups in total. The summed E-state index contributed by atoms with van der Waals surface area (Å²) in [6, 6.07) is 0. The van der Waals surface area contributed by atoms with Gasteiger partial charge in [-0.05, 0) is 0 Å². The van der Waals surface area contributed by atoms with E-state index in [1.165, 1.54) is 0 Å². The minimum absolute atomic E-state index is 0. The monoisotopic (exact) mass is 135 g/mol. The van der Waals surface area contributed by atoms with Gasteiger partial charge in [0.05, 0.1) is 7.11 Å². The van der Waals surface area contributed by atoms with Crippen molar-refractivity contribution in [1.82, 2.24) is 0 Å². The Kier molecular flexibility index (Phi) is 6.12. The van der Waals surface area contributed by atoms with Crippen LogP contribution >= 0.6 is 0 Å². The lowest BCUT2D eigenvalue weighted by Gasteiger charge is -2.13. The summed E-state index contributed by atoms with van der Waals surface area (Å²) in [6.07, 6.45) is 0. The molecule has 3 heteroatoms. The molecule has 0 saturated heterocycles. The largest absolute Gasteiger partial charge is 0.870 e. The molecule has 0 aliphatic rings. The first-order valence-corrected chi connectivity index (χ1v) is 2.91. The quantitative estimate of drug-likeness (QED) is 0.541. The summed E-state index contributed by atoms with van der Waals surface area (Å²) in [7, 11) is 1.69. The first kappa shape index (κ1) is 11.6. The number of hydrogen-bond acceptors (Lipinski definition) is 2. The summed E-state index contributed by atoms with van der Waals surface area (Å²) in [4.78, 5) is 4.79. The Balaban J connectivity index is 0. The van der Waals surface area contributed by atoms with Gasteiger partial charge in [0.1, 0.15) is 6.54 Å². The first-order chi connectivity index (χ1) is 3.56. The Hall–Kier alpha value is -0.120. The number of quaternary nitrogens is 1. The number of rotatable bonds is 2. The molecule has 3 nitrogen and oxygen atoms in total. The Morgan fingerprint density at radius 2 is 1.78 bits per heavy atom. The van der Waals surface area contributed by atoms with Crippen molar-refractivity contribution in [2.45, 2.75) is 20.8 Å². The fourth-order valence-electron chi connectivity index (χ4n) is 0.333. The number of hydrogen-bond donors (Lipinski definition) is 1. The fourth-order valence-corrected chi connectivity index (χ4v) is 0.333. The Bertz CT molecular complexity index is 58.6. The van der Waals surface area contributed by atoms with Crippen LogP contribution in [0.3, 0.4) is 0 Å². The van der Waals surface area contributed by atoms with Crippen LogP contribution in [0.1, 0.15) is 20.8 Å². The minimum Gasteiger partial charge on any atom is -0.870 e. The molecule has 58 valence electrons. The molecule has 0 aromatic carbocycles. The maximum Gasteiger partial charge on any atom is 0.110 e. The van der Waals surface area contributed by atoms with Crippen molar-refractivity contribution in [2.24, 2.45) is 5.41 Å². The van der Waals surface area contributed by atoms with E-state index in [9.17, 15) is 0 Å². The van der Waals surface area contributed by atoms with Gasteiger partial charge in [0.2, 0.25) is 0 Å². The van der Waals surface area contributed by atoms with Gasteiger partial charge >= 0.3 is 0 Å². The van der Waals surface area contributed by atoms with Crippen molar-refractivity contribution in [3.63, 3.8) is 0 Å². The SMILES string of the molecule is CO[NH2+]CC(C)(C)C.[OH-]. The molecule has 0 amide bonds. The minimum atomic E-state index is 0. The van der Waals surface area contributed by atoms with Crippen molar-refractivity contribution >= 4 is 0 Å². The summed E-state index contributed by atoms with van der Waals surface area (Å²) >= 11 is 0. The summed E-state index contributed by atoms with van der Waals surface area (Å²) in [5.74, 6) is 0. The van der Waals surface area contributed by atoms with Gasteiger partial charge in [-0.15, -0.1) is 0 Å². The lowest BCUT2D eigenvalue weighted by Crippen LogP contribution is -2.84. The summed E-state index contributed by atoms with van der Waals surface area (Å²) in [6.45, 7) is 7.57. The smallest absolute Gasteiger partial charge is 0.110 e. The van der Waals surface area contributed by atoms with Crippen molar-refractivity contribution in [2.75, 3.05) is 13.7 Å². The van der Waals surface area contributed by atoms with Gasteiger partial charge in [-0.1, -0.05) is 20.8 Å². The molecule has 0 saturated carbocycles. The molecule has 0 rings (SSSR count). The molecule has 0 unspecified atom stereocenters.